The molecule has 0 heterocycles. The summed E-state index contributed by atoms with van der Waals surface area (Å²) in [5, 5.41) is 13.9. The number of unbranched alkanes of at least 4 members (excludes halogenated alkanes) is 26. The molecule has 0 aromatic rings. The van der Waals surface area contributed by atoms with Crippen molar-refractivity contribution in [2.75, 3.05) is 40.9 Å². The first-order valence-electron chi connectivity index (χ1n) is 30.7. The number of allylic oxidation sites excluding steroid dienone is 17. The van der Waals surface area contributed by atoms with Crippen LogP contribution in [0.2, 0.25) is 0 Å². The quantitative estimate of drug-likeness (QED) is 0.0272. The number of amides is 1. The number of aliphatic hydroxyl groups is 1. The molecule has 0 aliphatic rings. The van der Waals surface area contributed by atoms with Gasteiger partial charge in [0.05, 0.1) is 39.9 Å². The Hall–Kier alpha value is -2.84. The summed E-state index contributed by atoms with van der Waals surface area (Å²) in [5.41, 5.74) is 0. The molecule has 3 atom stereocenters. The van der Waals surface area contributed by atoms with E-state index >= 15 is 0 Å². The first-order chi connectivity index (χ1) is 36.5. The Kier molecular flexibility index (Phi) is 53.8. The van der Waals surface area contributed by atoms with E-state index in [1.54, 1.807) is 6.08 Å². The predicted octanol–water partition coefficient (Wildman–Crippen LogP) is 18.5. The average Bonchev–Trinajstić information content (AvgIpc) is 3.37. The van der Waals surface area contributed by atoms with Gasteiger partial charge in [-0.2, -0.15) is 0 Å². The van der Waals surface area contributed by atoms with Crippen molar-refractivity contribution in [3.8, 4) is 0 Å². The Morgan fingerprint density at radius 2 is 0.827 bits per heavy atom. The average molecular weight is 1070 g/mol. The molecule has 1 amide bonds. The Labute approximate surface area is 463 Å². The van der Waals surface area contributed by atoms with Crippen molar-refractivity contribution in [2.24, 2.45) is 0 Å². The van der Waals surface area contributed by atoms with Gasteiger partial charge in [0.15, 0.2) is 0 Å². The van der Waals surface area contributed by atoms with Crippen LogP contribution in [0.5, 0.6) is 0 Å². The first-order valence-corrected chi connectivity index (χ1v) is 32.2. The summed E-state index contributed by atoms with van der Waals surface area (Å²) in [5.74, 6) is -0.219. The van der Waals surface area contributed by atoms with Crippen molar-refractivity contribution >= 4 is 13.7 Å². The van der Waals surface area contributed by atoms with Crippen LogP contribution in [0.4, 0.5) is 0 Å². The van der Waals surface area contributed by atoms with Crippen molar-refractivity contribution in [3.05, 3.63) is 109 Å². The zero-order valence-electron chi connectivity index (χ0n) is 49.2. The van der Waals surface area contributed by atoms with Gasteiger partial charge in [-0.3, -0.25) is 9.36 Å². The maximum absolute atomic E-state index is 13.0. The van der Waals surface area contributed by atoms with Gasteiger partial charge in [0.2, 0.25) is 5.91 Å². The Bertz CT molecular complexity index is 1590. The van der Waals surface area contributed by atoms with Gasteiger partial charge in [0.1, 0.15) is 13.2 Å². The maximum Gasteiger partial charge on any atom is 0.268 e. The van der Waals surface area contributed by atoms with E-state index in [4.69, 9.17) is 9.05 Å². The molecule has 0 saturated heterocycles. The monoisotopic (exact) mass is 1060 g/mol. The van der Waals surface area contributed by atoms with Crippen LogP contribution >= 0.6 is 7.82 Å². The van der Waals surface area contributed by atoms with Gasteiger partial charge < -0.3 is 28.8 Å². The van der Waals surface area contributed by atoms with Gasteiger partial charge in [0.25, 0.3) is 7.82 Å². The fourth-order valence-corrected chi connectivity index (χ4v) is 9.15. The summed E-state index contributed by atoms with van der Waals surface area (Å²) in [4.78, 5) is 25.5. The topological polar surface area (TPSA) is 108 Å². The largest absolute Gasteiger partial charge is 0.756 e. The molecule has 0 aromatic heterocycles. The standard InChI is InChI=1S/C66H117N2O6P/c1-6-8-10-12-14-16-18-20-22-24-26-28-30-32-33-34-35-36-38-40-42-44-46-48-50-52-54-56-58-60-66(70)67-64(63-74-75(71,72)73-62-61-68(3,4)5)65(69)59-57-55-53-51-49-47-45-43-41-39-37-31-29-27-25-23-21-19-17-15-13-11-9-7-2/h8,10,14,16,20,22,26,28,32-33,35-36,41,43,49,51,57,59,64-65,69H,6-7,9,11-13,15,17-19,21,23-25,27,29-31,34,37-40,42,44-48,50,52-56,58,60-63H2,1-5H3,(H-,67,70,71,72)/b10-8-,16-14-,22-20-,28-26-,33-32-,36-35-,43-41+,51-49+,59-57+. The van der Waals surface area contributed by atoms with Crippen LogP contribution in [0.3, 0.4) is 0 Å². The third-order valence-electron chi connectivity index (χ3n) is 13.2. The number of phosphoric acid groups is 1. The number of likely N-dealkylation sites (N-methyl/N-ethyl adjacent to an activating group) is 1. The highest BCUT2D eigenvalue weighted by Gasteiger charge is 2.23. The molecule has 0 aliphatic carbocycles. The van der Waals surface area contributed by atoms with Crippen LogP contribution in [0.1, 0.15) is 251 Å². The van der Waals surface area contributed by atoms with Crippen molar-refractivity contribution in [1.82, 2.24) is 5.32 Å². The molecule has 0 fully saturated rings. The number of hydrogen-bond acceptors (Lipinski definition) is 6. The number of rotatable bonds is 55. The molecule has 432 valence electrons. The minimum Gasteiger partial charge on any atom is -0.756 e. The van der Waals surface area contributed by atoms with Crippen molar-refractivity contribution in [1.29, 1.82) is 0 Å². The van der Waals surface area contributed by atoms with E-state index in [1.807, 2.05) is 27.2 Å². The van der Waals surface area contributed by atoms with Crippen LogP contribution in [0, 0.1) is 0 Å². The third-order valence-corrected chi connectivity index (χ3v) is 14.2. The molecule has 9 heteroatoms. The van der Waals surface area contributed by atoms with Crippen LogP contribution < -0.4 is 10.2 Å². The summed E-state index contributed by atoms with van der Waals surface area (Å²) < 4.78 is 23.4. The van der Waals surface area contributed by atoms with Gasteiger partial charge in [-0.15, -0.1) is 0 Å². The number of phosphoric ester groups is 1. The summed E-state index contributed by atoms with van der Waals surface area (Å²) in [6, 6.07) is -0.921. The van der Waals surface area contributed by atoms with Crippen LogP contribution in [0.25, 0.3) is 0 Å². The van der Waals surface area contributed by atoms with Gasteiger partial charge in [-0.1, -0.05) is 258 Å². The lowest BCUT2D eigenvalue weighted by molar-refractivity contribution is -0.870. The summed E-state index contributed by atoms with van der Waals surface area (Å²) in [7, 11) is 1.22. The lowest BCUT2D eigenvalue weighted by atomic mass is 10.0. The van der Waals surface area contributed by atoms with E-state index in [1.165, 1.54) is 141 Å². The predicted molar refractivity (Wildman–Crippen MR) is 325 cm³/mol. The zero-order chi connectivity index (χ0) is 54.9. The number of carbonyl (C=O) groups excluding carboxylic acids is 1. The maximum atomic E-state index is 13.0. The molecule has 2 N–H and O–H groups in total. The van der Waals surface area contributed by atoms with Gasteiger partial charge >= 0.3 is 0 Å². The van der Waals surface area contributed by atoms with Gasteiger partial charge in [-0.25, -0.2) is 0 Å². The third kappa shape index (κ3) is 58.7. The molecule has 0 aromatic carbocycles. The molecule has 0 radical (unpaired) electrons. The zero-order valence-corrected chi connectivity index (χ0v) is 50.1. The SMILES string of the molecule is CC/C=C\C/C=C\C/C=C\C/C=C\C/C=C\C/C=C\CCCCCCCCCCCCC(=O)NC(COP(=O)([O-])OCC[N+](C)(C)C)C(O)/C=C/CC/C=C/CC/C=C/CCCCCCCCCCCCCCCC. The van der Waals surface area contributed by atoms with E-state index in [0.717, 1.165) is 89.9 Å². The molecule has 0 saturated carbocycles. The number of carbonyl (C=O) groups is 1. The fraction of sp³-hybridized carbons (Fsp3) is 0.712. The molecule has 75 heavy (non-hydrogen) atoms. The highest BCUT2D eigenvalue weighted by atomic mass is 31.2. The fourth-order valence-electron chi connectivity index (χ4n) is 8.42. The Morgan fingerprint density at radius 3 is 1.24 bits per heavy atom. The number of quaternary nitrogens is 1. The highest BCUT2D eigenvalue weighted by Crippen LogP contribution is 2.38. The van der Waals surface area contributed by atoms with Crippen molar-refractivity contribution in [2.45, 2.75) is 264 Å². The number of nitrogens with one attached hydrogen (secondary N) is 1. The highest BCUT2D eigenvalue weighted by molar-refractivity contribution is 7.45. The second kappa shape index (κ2) is 55.9. The Balaban J connectivity index is 4.27. The minimum atomic E-state index is -4.62. The summed E-state index contributed by atoms with van der Waals surface area (Å²) in [6.45, 7) is 4.51. The molecule has 0 spiro atoms. The second-order valence-corrected chi connectivity index (χ2v) is 23.1. The molecule has 0 bridgehead atoms. The van der Waals surface area contributed by atoms with Crippen LogP contribution in [0.15, 0.2) is 109 Å². The van der Waals surface area contributed by atoms with Gasteiger partial charge in [0, 0.05) is 6.42 Å². The Morgan fingerprint density at radius 1 is 0.480 bits per heavy atom. The van der Waals surface area contributed by atoms with Crippen LogP contribution in [-0.4, -0.2) is 68.5 Å². The lowest BCUT2D eigenvalue weighted by Crippen LogP contribution is -2.45. The minimum absolute atomic E-state index is 0.0150. The molecule has 0 aliphatic heterocycles. The number of hydrogen-bond donors (Lipinski definition) is 2. The number of nitrogens with zero attached hydrogens (tertiary/aromatic N) is 1. The van der Waals surface area contributed by atoms with Crippen LogP contribution in [-0.2, 0) is 18.4 Å². The molecule has 0 rings (SSSR count). The van der Waals surface area contributed by atoms with Crippen molar-refractivity contribution < 1.29 is 32.9 Å². The molecular formula is C66H117N2O6P. The normalized spacial score (nSPS) is 14.6. The van der Waals surface area contributed by atoms with E-state index in [2.05, 4.69) is 116 Å². The summed E-state index contributed by atoms with van der Waals surface area (Å²) in [6.07, 6.45) is 81.8. The van der Waals surface area contributed by atoms with E-state index in [0.29, 0.717) is 17.4 Å². The molecule has 3 unspecified atom stereocenters. The van der Waals surface area contributed by atoms with Gasteiger partial charge in [-0.05, 0) is 96.3 Å². The van der Waals surface area contributed by atoms with E-state index < -0.39 is 26.6 Å². The lowest BCUT2D eigenvalue weighted by Gasteiger charge is -2.29. The smallest absolute Gasteiger partial charge is 0.268 e. The summed E-state index contributed by atoms with van der Waals surface area (Å²) >= 11 is 0. The number of aliphatic hydroxyl groups excluding tert-OH is 1. The molecular weight excluding hydrogens is 948 g/mol. The van der Waals surface area contributed by atoms with E-state index in [-0.39, 0.29) is 12.5 Å². The van der Waals surface area contributed by atoms with Crippen molar-refractivity contribution in [3.63, 3.8) is 0 Å². The second-order valence-electron chi connectivity index (χ2n) is 21.7. The first kappa shape index (κ1) is 72.2. The molecule has 8 nitrogen and oxygen atoms in total. The van der Waals surface area contributed by atoms with E-state index in [9.17, 15) is 19.4 Å².